The molecule has 0 aromatic heterocycles. The van der Waals surface area contributed by atoms with Gasteiger partial charge in [0.05, 0.1) is 0 Å². The molecule has 31 heavy (non-hydrogen) atoms. The standard InChI is InChI=1S/C24H40N6O/c1-20-7-5-9-22(17-20)29-15-13-28(14-16-29)11-4-3-10-27-24(26-2)30-12-6-8-21(19-30)18-23(25)31/h5,7,9,17,21H,3-4,6,8,10-16,18-19H2,1-2H3,(H2,25,31)(H,26,27). The number of amides is 1. The highest BCUT2D eigenvalue weighted by Gasteiger charge is 2.23. The molecule has 7 heteroatoms. The number of nitrogens with zero attached hydrogens (tertiary/aromatic N) is 4. The summed E-state index contributed by atoms with van der Waals surface area (Å²) in [4.78, 5) is 23.1. The fourth-order valence-corrected chi connectivity index (χ4v) is 4.76. The molecule has 0 saturated carbocycles. The number of aryl methyl sites for hydroxylation is 1. The Morgan fingerprint density at radius 1 is 1.19 bits per heavy atom. The van der Waals surface area contributed by atoms with Gasteiger partial charge in [-0.1, -0.05) is 12.1 Å². The Bertz CT molecular complexity index is 729. The van der Waals surface area contributed by atoms with Crippen molar-refractivity contribution in [3.8, 4) is 0 Å². The van der Waals surface area contributed by atoms with Crippen LogP contribution in [-0.4, -0.2) is 81.1 Å². The quantitative estimate of drug-likeness (QED) is 0.377. The molecule has 2 fully saturated rings. The third kappa shape index (κ3) is 7.42. The molecule has 0 spiro atoms. The number of rotatable bonds is 8. The van der Waals surface area contributed by atoms with Gasteiger partial charge >= 0.3 is 0 Å². The number of likely N-dealkylation sites (tertiary alicyclic amines) is 1. The van der Waals surface area contributed by atoms with E-state index in [1.807, 2.05) is 7.05 Å². The largest absolute Gasteiger partial charge is 0.370 e. The number of nitrogens with one attached hydrogen (secondary N) is 1. The van der Waals surface area contributed by atoms with E-state index in [9.17, 15) is 4.79 Å². The first-order chi connectivity index (χ1) is 15.0. The maximum atomic E-state index is 11.2. The number of carbonyl (C=O) groups excluding carboxylic acids is 1. The number of aliphatic imine (C=N–C) groups is 1. The average molecular weight is 429 g/mol. The van der Waals surface area contributed by atoms with Crippen LogP contribution in [-0.2, 0) is 4.79 Å². The monoisotopic (exact) mass is 428 g/mol. The summed E-state index contributed by atoms with van der Waals surface area (Å²) in [7, 11) is 1.84. The number of primary amides is 1. The van der Waals surface area contributed by atoms with Crippen molar-refractivity contribution < 1.29 is 4.79 Å². The molecule has 2 saturated heterocycles. The van der Waals surface area contributed by atoms with Gasteiger partial charge in [0.2, 0.25) is 5.91 Å². The molecule has 1 unspecified atom stereocenters. The Labute approximate surface area is 187 Å². The second-order valence-corrected chi connectivity index (χ2v) is 8.97. The Hall–Kier alpha value is -2.28. The second kappa shape index (κ2) is 11.9. The van der Waals surface area contributed by atoms with E-state index in [0.717, 1.165) is 77.6 Å². The van der Waals surface area contributed by atoms with Gasteiger partial charge in [0, 0.05) is 65.0 Å². The molecule has 2 aliphatic heterocycles. The number of hydrogen-bond acceptors (Lipinski definition) is 4. The summed E-state index contributed by atoms with van der Waals surface area (Å²) >= 11 is 0. The lowest BCUT2D eigenvalue weighted by Gasteiger charge is -2.36. The number of nitrogens with two attached hydrogens (primary N) is 1. The van der Waals surface area contributed by atoms with Gasteiger partial charge in [-0.15, -0.1) is 0 Å². The van der Waals surface area contributed by atoms with Crippen LogP contribution in [0, 0.1) is 12.8 Å². The molecule has 172 valence electrons. The normalized spacial score (nSPS) is 20.7. The minimum atomic E-state index is -0.200. The first-order valence-electron chi connectivity index (χ1n) is 11.8. The van der Waals surface area contributed by atoms with Crippen molar-refractivity contribution >= 4 is 17.6 Å². The summed E-state index contributed by atoms with van der Waals surface area (Å²) in [5.74, 6) is 1.11. The SMILES string of the molecule is CN=C(NCCCCN1CCN(c2cccc(C)c2)CC1)N1CCCC(CC(N)=O)C1. The molecule has 1 aromatic carbocycles. The summed E-state index contributed by atoms with van der Waals surface area (Å²) in [5.41, 5.74) is 8.07. The summed E-state index contributed by atoms with van der Waals surface area (Å²) in [6.07, 6.45) is 4.97. The maximum Gasteiger partial charge on any atom is 0.217 e. The molecule has 3 N–H and O–H groups in total. The zero-order valence-corrected chi connectivity index (χ0v) is 19.4. The van der Waals surface area contributed by atoms with Crippen molar-refractivity contribution in [3.05, 3.63) is 29.8 Å². The van der Waals surface area contributed by atoms with Crippen molar-refractivity contribution in [2.75, 3.05) is 64.3 Å². The molecular weight excluding hydrogens is 388 g/mol. The van der Waals surface area contributed by atoms with Crippen LogP contribution >= 0.6 is 0 Å². The van der Waals surface area contributed by atoms with E-state index in [-0.39, 0.29) is 5.91 Å². The highest BCUT2D eigenvalue weighted by molar-refractivity contribution is 5.80. The van der Waals surface area contributed by atoms with Crippen LogP contribution in [0.15, 0.2) is 29.3 Å². The van der Waals surface area contributed by atoms with Crippen molar-refractivity contribution in [3.63, 3.8) is 0 Å². The predicted molar refractivity (Wildman–Crippen MR) is 129 cm³/mol. The maximum absolute atomic E-state index is 11.2. The molecular formula is C24H40N6O. The fraction of sp³-hybridized carbons (Fsp3) is 0.667. The van der Waals surface area contributed by atoms with Crippen LogP contribution in [0.2, 0.25) is 0 Å². The Morgan fingerprint density at radius 2 is 2.00 bits per heavy atom. The zero-order valence-electron chi connectivity index (χ0n) is 19.4. The lowest BCUT2D eigenvalue weighted by atomic mass is 9.95. The number of piperazine rings is 1. The van der Waals surface area contributed by atoms with Gasteiger partial charge in [-0.25, -0.2) is 0 Å². The van der Waals surface area contributed by atoms with Crippen molar-refractivity contribution in [2.24, 2.45) is 16.6 Å². The number of guanidine groups is 1. The summed E-state index contributed by atoms with van der Waals surface area (Å²) in [6.45, 7) is 10.6. The van der Waals surface area contributed by atoms with Crippen molar-refractivity contribution in [1.82, 2.24) is 15.1 Å². The highest BCUT2D eigenvalue weighted by atomic mass is 16.1. The molecule has 0 bridgehead atoms. The van der Waals surface area contributed by atoms with Crippen LogP contribution in [0.1, 0.15) is 37.7 Å². The first kappa shape index (κ1) is 23.4. The number of carbonyl (C=O) groups is 1. The third-order valence-electron chi connectivity index (χ3n) is 6.44. The van der Waals surface area contributed by atoms with E-state index >= 15 is 0 Å². The summed E-state index contributed by atoms with van der Waals surface area (Å²) in [6, 6.07) is 8.82. The smallest absolute Gasteiger partial charge is 0.217 e. The summed E-state index contributed by atoms with van der Waals surface area (Å²) in [5, 5.41) is 3.52. The van der Waals surface area contributed by atoms with Crippen LogP contribution < -0.4 is 16.0 Å². The highest BCUT2D eigenvalue weighted by Crippen LogP contribution is 2.20. The van der Waals surface area contributed by atoms with Gasteiger partial charge in [0.25, 0.3) is 0 Å². The predicted octanol–water partition coefficient (Wildman–Crippen LogP) is 2.06. The minimum absolute atomic E-state index is 0.200. The van der Waals surface area contributed by atoms with Crippen molar-refractivity contribution in [1.29, 1.82) is 0 Å². The van der Waals surface area contributed by atoms with Gasteiger partial charge in [0.15, 0.2) is 5.96 Å². The van der Waals surface area contributed by atoms with E-state index in [4.69, 9.17) is 5.73 Å². The molecule has 7 nitrogen and oxygen atoms in total. The first-order valence-corrected chi connectivity index (χ1v) is 11.8. The van der Waals surface area contributed by atoms with E-state index in [0.29, 0.717) is 12.3 Å². The Kier molecular flexibility index (Phi) is 9.00. The van der Waals surface area contributed by atoms with Gasteiger partial charge in [-0.2, -0.15) is 0 Å². The van der Waals surface area contributed by atoms with Gasteiger partial charge in [-0.3, -0.25) is 14.7 Å². The Balaban J connectivity index is 1.31. The number of piperidine rings is 1. The van der Waals surface area contributed by atoms with E-state index in [2.05, 4.69) is 56.2 Å². The molecule has 1 amide bonds. The van der Waals surface area contributed by atoms with E-state index in [1.165, 1.54) is 17.7 Å². The summed E-state index contributed by atoms with van der Waals surface area (Å²) < 4.78 is 0. The van der Waals surface area contributed by atoms with Crippen LogP contribution in [0.25, 0.3) is 0 Å². The topological polar surface area (TPSA) is 77.2 Å². The van der Waals surface area contributed by atoms with Crippen LogP contribution in [0.5, 0.6) is 0 Å². The second-order valence-electron chi connectivity index (χ2n) is 8.97. The molecule has 2 heterocycles. The lowest BCUT2D eigenvalue weighted by molar-refractivity contribution is -0.119. The average Bonchev–Trinajstić information content (AvgIpc) is 2.76. The van der Waals surface area contributed by atoms with E-state index in [1.54, 1.807) is 0 Å². The Morgan fingerprint density at radius 3 is 2.71 bits per heavy atom. The van der Waals surface area contributed by atoms with Gasteiger partial charge < -0.3 is 20.9 Å². The van der Waals surface area contributed by atoms with E-state index < -0.39 is 0 Å². The third-order valence-corrected chi connectivity index (χ3v) is 6.44. The lowest BCUT2D eigenvalue weighted by Crippen LogP contribution is -2.47. The molecule has 0 radical (unpaired) electrons. The molecule has 1 aromatic rings. The number of hydrogen-bond donors (Lipinski definition) is 2. The van der Waals surface area contributed by atoms with Crippen molar-refractivity contribution in [2.45, 2.75) is 39.0 Å². The van der Waals surface area contributed by atoms with Gasteiger partial charge in [0.1, 0.15) is 0 Å². The molecule has 2 aliphatic rings. The number of anilines is 1. The van der Waals surface area contributed by atoms with Crippen LogP contribution in [0.3, 0.4) is 0 Å². The van der Waals surface area contributed by atoms with Crippen LogP contribution in [0.4, 0.5) is 5.69 Å². The number of unbranched alkanes of at least 4 members (excludes halogenated alkanes) is 1. The molecule has 0 aliphatic carbocycles. The number of benzene rings is 1. The fourth-order valence-electron chi connectivity index (χ4n) is 4.76. The minimum Gasteiger partial charge on any atom is -0.370 e. The van der Waals surface area contributed by atoms with Gasteiger partial charge in [-0.05, 0) is 62.8 Å². The zero-order chi connectivity index (χ0) is 22.1. The molecule has 1 atom stereocenters. The molecule has 3 rings (SSSR count).